The topological polar surface area (TPSA) is 145 Å². The van der Waals surface area contributed by atoms with Gasteiger partial charge in [-0.15, -0.1) is 0 Å². The summed E-state index contributed by atoms with van der Waals surface area (Å²) < 4.78 is 0. The average Bonchev–Trinajstić information content (AvgIpc) is 2.41. The smallest absolute Gasteiger partial charge is 0.335 e. The second-order valence-corrected chi connectivity index (χ2v) is 4.31. The molecule has 0 spiro atoms. The van der Waals surface area contributed by atoms with Crippen molar-refractivity contribution in [2.75, 3.05) is 0 Å². The second kappa shape index (κ2) is 11.0. The van der Waals surface area contributed by atoms with Gasteiger partial charge in [0, 0.05) is 0 Å². The molecule has 0 aromatic heterocycles. The minimum Gasteiger partial charge on any atom is -0.478 e. The molecule has 114 valence electrons. The number of carbonyl (C=O) groups is 2. The Kier molecular flexibility index (Phi) is 11.2. The van der Waals surface area contributed by atoms with E-state index >= 15 is 0 Å². The summed E-state index contributed by atoms with van der Waals surface area (Å²) >= 11 is 0. The zero-order valence-electron chi connectivity index (χ0n) is 11.7. The average molecular weight is 284 g/mol. The predicted molar refractivity (Wildman–Crippen MR) is 78.1 cm³/mol. The Morgan fingerprint density at radius 2 is 1.05 bits per heavy atom. The van der Waals surface area contributed by atoms with E-state index in [1.54, 1.807) is 0 Å². The van der Waals surface area contributed by atoms with E-state index in [0.29, 0.717) is 0 Å². The molecule has 0 saturated heterocycles. The molecule has 6 nitrogen and oxygen atoms in total. The molecule has 1 fully saturated rings. The van der Waals surface area contributed by atoms with Gasteiger partial charge in [-0.25, -0.2) is 9.59 Å². The van der Waals surface area contributed by atoms with Crippen LogP contribution in [0.25, 0.3) is 0 Å². The van der Waals surface area contributed by atoms with Gasteiger partial charge in [0.25, 0.3) is 0 Å². The first-order chi connectivity index (χ1) is 8.61. The van der Waals surface area contributed by atoms with E-state index in [9.17, 15) is 9.59 Å². The number of carboxylic acids is 2. The van der Waals surface area contributed by atoms with Crippen LogP contribution in [-0.4, -0.2) is 22.2 Å². The first kappa shape index (κ1) is 20.4. The van der Waals surface area contributed by atoms with Crippen LogP contribution in [0.15, 0.2) is 24.3 Å². The molecule has 2 rings (SSSR count). The molecule has 8 N–H and O–H groups in total. The Morgan fingerprint density at radius 1 is 0.750 bits per heavy atom. The van der Waals surface area contributed by atoms with Crippen LogP contribution >= 0.6 is 0 Å². The van der Waals surface area contributed by atoms with Crippen LogP contribution in [0.2, 0.25) is 0 Å². The molecule has 1 aromatic carbocycles. The largest absolute Gasteiger partial charge is 0.478 e. The summed E-state index contributed by atoms with van der Waals surface area (Å²) in [4.78, 5) is 20.8. The fourth-order valence-electron chi connectivity index (χ4n) is 1.85. The molecule has 0 amide bonds. The van der Waals surface area contributed by atoms with Crippen molar-refractivity contribution in [1.82, 2.24) is 12.3 Å². The Balaban J connectivity index is 0. The van der Waals surface area contributed by atoms with Crippen molar-refractivity contribution >= 4 is 11.9 Å². The van der Waals surface area contributed by atoms with Crippen molar-refractivity contribution in [3.8, 4) is 0 Å². The van der Waals surface area contributed by atoms with Crippen LogP contribution in [-0.2, 0) is 0 Å². The van der Waals surface area contributed by atoms with Gasteiger partial charge in [-0.3, -0.25) is 0 Å². The van der Waals surface area contributed by atoms with E-state index < -0.39 is 11.9 Å². The maximum atomic E-state index is 10.4. The van der Waals surface area contributed by atoms with Crippen molar-refractivity contribution in [3.05, 3.63) is 35.4 Å². The zero-order valence-corrected chi connectivity index (χ0v) is 11.7. The molecule has 20 heavy (non-hydrogen) atoms. The normalized spacial score (nSPS) is 12.8. The van der Waals surface area contributed by atoms with Crippen LogP contribution < -0.4 is 12.3 Å². The number of benzene rings is 1. The third kappa shape index (κ3) is 7.50. The summed E-state index contributed by atoms with van der Waals surface area (Å²) in [5.41, 5.74) is -0.0372. The van der Waals surface area contributed by atoms with Gasteiger partial charge in [0.05, 0.1) is 11.1 Å². The number of aromatic carboxylic acids is 2. The fraction of sp³-hybridized carbons (Fsp3) is 0.429. The van der Waals surface area contributed by atoms with E-state index in [0.717, 1.165) is 6.07 Å². The number of carboxylic acid groups (broad SMARTS) is 2. The molecule has 1 aromatic rings. The highest BCUT2D eigenvalue weighted by molar-refractivity contribution is 5.93. The fourth-order valence-corrected chi connectivity index (χ4v) is 1.85. The van der Waals surface area contributed by atoms with Gasteiger partial charge >= 0.3 is 11.9 Å². The second-order valence-electron chi connectivity index (χ2n) is 4.31. The maximum Gasteiger partial charge on any atom is 0.335 e. The van der Waals surface area contributed by atoms with Gasteiger partial charge in [-0.2, -0.15) is 0 Å². The summed E-state index contributed by atoms with van der Waals surface area (Å²) in [5.74, 6) is -2.25. The number of hydrogen-bond donors (Lipinski definition) is 4. The monoisotopic (exact) mass is 284 g/mol. The van der Waals surface area contributed by atoms with Gasteiger partial charge < -0.3 is 22.5 Å². The van der Waals surface area contributed by atoms with Crippen LogP contribution in [0.3, 0.4) is 0 Å². The molecule has 1 aliphatic rings. The van der Waals surface area contributed by atoms with E-state index in [4.69, 9.17) is 10.2 Å². The Morgan fingerprint density at radius 3 is 1.30 bits per heavy atom. The van der Waals surface area contributed by atoms with Gasteiger partial charge in [-0.1, -0.05) is 44.6 Å². The quantitative estimate of drug-likeness (QED) is 0.650. The number of rotatable bonds is 2. The van der Waals surface area contributed by atoms with Gasteiger partial charge in [0.2, 0.25) is 0 Å². The minimum absolute atomic E-state index is 0. The van der Waals surface area contributed by atoms with Crippen LogP contribution in [0.1, 0.15) is 59.2 Å². The lowest BCUT2D eigenvalue weighted by atomic mass is 10.0. The standard InChI is InChI=1S/C8H6O4.C6H12.2H3N/c9-7(10)5-2-1-3-6(4-5)8(11)12;1-2-4-6-5-3-1;;/h1-4H,(H,9,10)(H,11,12);1-6H2;2*1H3. The molecule has 0 atom stereocenters. The molecule has 1 aliphatic carbocycles. The van der Waals surface area contributed by atoms with Gasteiger partial charge in [0.1, 0.15) is 0 Å². The third-order valence-corrected chi connectivity index (χ3v) is 2.86. The molecule has 6 heteroatoms. The molecule has 0 radical (unpaired) electrons. The molecule has 0 unspecified atom stereocenters. The van der Waals surface area contributed by atoms with Crippen molar-refractivity contribution in [1.29, 1.82) is 0 Å². The highest BCUT2D eigenvalue weighted by Crippen LogP contribution is 2.15. The van der Waals surface area contributed by atoms with Crippen LogP contribution in [0.5, 0.6) is 0 Å². The summed E-state index contributed by atoms with van der Waals surface area (Å²) in [6, 6.07) is 5.20. The van der Waals surface area contributed by atoms with E-state index in [-0.39, 0.29) is 23.4 Å². The lowest BCUT2D eigenvalue weighted by molar-refractivity contribution is 0.0696. The first-order valence-electron chi connectivity index (χ1n) is 6.18. The Labute approximate surface area is 119 Å². The highest BCUT2D eigenvalue weighted by atomic mass is 16.4. The maximum absolute atomic E-state index is 10.4. The number of hydrogen-bond acceptors (Lipinski definition) is 4. The SMILES string of the molecule is C1CCCCC1.N.N.O=C(O)c1cccc(C(=O)O)c1. The van der Waals surface area contributed by atoms with Gasteiger partial charge in [-0.05, 0) is 18.2 Å². The molecular weight excluding hydrogens is 260 g/mol. The molecule has 0 aliphatic heterocycles. The highest BCUT2D eigenvalue weighted by Gasteiger charge is 2.06. The lowest BCUT2D eigenvalue weighted by Gasteiger charge is -2.05. The van der Waals surface area contributed by atoms with Crippen LogP contribution in [0, 0.1) is 0 Å². The Hall–Kier alpha value is -1.92. The summed E-state index contributed by atoms with van der Waals surface area (Å²) in [5, 5.41) is 17.0. The van der Waals surface area contributed by atoms with E-state index in [2.05, 4.69) is 0 Å². The molecule has 0 heterocycles. The van der Waals surface area contributed by atoms with Crippen molar-refractivity contribution in [2.24, 2.45) is 0 Å². The first-order valence-corrected chi connectivity index (χ1v) is 6.18. The zero-order chi connectivity index (χ0) is 13.4. The molecule has 1 saturated carbocycles. The van der Waals surface area contributed by atoms with Gasteiger partial charge in [0.15, 0.2) is 0 Å². The predicted octanol–water partition coefficient (Wildman–Crippen LogP) is 3.75. The van der Waals surface area contributed by atoms with Crippen LogP contribution in [0.4, 0.5) is 0 Å². The molecule has 0 bridgehead atoms. The van der Waals surface area contributed by atoms with E-state index in [1.807, 2.05) is 0 Å². The minimum atomic E-state index is -1.13. The molecular formula is C14H24N2O4. The summed E-state index contributed by atoms with van der Waals surface area (Å²) in [7, 11) is 0. The van der Waals surface area contributed by atoms with E-state index in [1.165, 1.54) is 56.7 Å². The lowest BCUT2D eigenvalue weighted by Crippen LogP contribution is -2.01. The van der Waals surface area contributed by atoms with Crippen molar-refractivity contribution in [3.63, 3.8) is 0 Å². The third-order valence-electron chi connectivity index (χ3n) is 2.86. The van der Waals surface area contributed by atoms with Crippen molar-refractivity contribution in [2.45, 2.75) is 38.5 Å². The summed E-state index contributed by atoms with van der Waals surface area (Å²) in [6.45, 7) is 0. The van der Waals surface area contributed by atoms with Crippen molar-refractivity contribution < 1.29 is 19.8 Å². The Bertz CT molecular complexity index is 377. The summed E-state index contributed by atoms with van der Waals surface area (Å²) in [6.07, 6.45) is 9.00.